The number of nitrogens with zero attached hydrogens (tertiary/aromatic N) is 2. The summed E-state index contributed by atoms with van der Waals surface area (Å²) >= 11 is 0. The van der Waals surface area contributed by atoms with Crippen molar-refractivity contribution in [2.75, 3.05) is 19.7 Å². The second-order valence-electron chi connectivity index (χ2n) is 9.63. The van der Waals surface area contributed by atoms with E-state index in [2.05, 4.69) is 56.1 Å². The molecule has 1 N–H and O–H groups in total. The molecule has 0 aliphatic carbocycles. The monoisotopic (exact) mass is 432 g/mol. The van der Waals surface area contributed by atoms with E-state index in [4.69, 9.17) is 9.84 Å². The van der Waals surface area contributed by atoms with E-state index in [-0.39, 0.29) is 5.41 Å². The van der Waals surface area contributed by atoms with E-state index in [0.29, 0.717) is 25.6 Å². The Bertz CT molecular complexity index is 1110. The molecule has 0 spiro atoms. The van der Waals surface area contributed by atoms with Gasteiger partial charge in [0.1, 0.15) is 5.75 Å². The lowest BCUT2D eigenvalue weighted by Crippen LogP contribution is -2.43. The molecule has 1 saturated heterocycles. The zero-order valence-electron chi connectivity index (χ0n) is 19.4. The summed E-state index contributed by atoms with van der Waals surface area (Å²) in [6, 6.07) is 14.8. The molecule has 0 bridgehead atoms. The molecular weight excluding hydrogens is 400 g/mol. The zero-order valence-corrected chi connectivity index (χ0v) is 19.4. The SMILES string of the molecule is Cc1cnc(C)c2ccc(-c3ccc(OCC(C)(C)C4CCN(C(=O)O)CC4)cc3)cc12. The van der Waals surface area contributed by atoms with Gasteiger partial charge in [0, 0.05) is 35.8 Å². The summed E-state index contributed by atoms with van der Waals surface area (Å²) in [6.45, 7) is 10.4. The van der Waals surface area contributed by atoms with Crippen LogP contribution in [0.3, 0.4) is 0 Å². The summed E-state index contributed by atoms with van der Waals surface area (Å²) in [4.78, 5) is 17.1. The Balaban J connectivity index is 1.41. The third-order valence-corrected chi connectivity index (χ3v) is 6.96. The molecule has 1 fully saturated rings. The summed E-state index contributed by atoms with van der Waals surface area (Å²) < 4.78 is 6.16. The highest BCUT2D eigenvalue weighted by molar-refractivity contribution is 5.91. The molecule has 4 rings (SSSR count). The van der Waals surface area contributed by atoms with Gasteiger partial charge in [-0.2, -0.15) is 0 Å². The lowest BCUT2D eigenvalue weighted by atomic mass is 9.74. The fourth-order valence-electron chi connectivity index (χ4n) is 4.68. The number of pyridine rings is 1. The van der Waals surface area contributed by atoms with Crippen molar-refractivity contribution in [3.05, 3.63) is 59.9 Å². The fraction of sp³-hybridized carbons (Fsp3) is 0.407. The summed E-state index contributed by atoms with van der Waals surface area (Å²) in [5, 5.41) is 11.6. The first-order valence-corrected chi connectivity index (χ1v) is 11.3. The molecule has 0 unspecified atom stereocenters. The summed E-state index contributed by atoms with van der Waals surface area (Å²) in [5.41, 5.74) is 4.57. The average molecular weight is 433 g/mol. The van der Waals surface area contributed by atoms with Crippen LogP contribution >= 0.6 is 0 Å². The number of piperidine rings is 1. The van der Waals surface area contributed by atoms with Crippen molar-refractivity contribution >= 4 is 16.9 Å². The minimum Gasteiger partial charge on any atom is -0.493 e. The highest BCUT2D eigenvalue weighted by Gasteiger charge is 2.34. The minimum atomic E-state index is -0.814. The number of aryl methyl sites for hydroxylation is 2. The molecule has 32 heavy (non-hydrogen) atoms. The van der Waals surface area contributed by atoms with Crippen LogP contribution in [0.5, 0.6) is 5.75 Å². The van der Waals surface area contributed by atoms with Gasteiger partial charge < -0.3 is 14.7 Å². The zero-order chi connectivity index (χ0) is 22.9. The van der Waals surface area contributed by atoms with Gasteiger partial charge in [-0.3, -0.25) is 4.98 Å². The molecule has 0 saturated carbocycles. The molecule has 1 aromatic heterocycles. The molecule has 1 aliphatic rings. The molecule has 3 aromatic rings. The fourth-order valence-corrected chi connectivity index (χ4v) is 4.68. The third-order valence-electron chi connectivity index (χ3n) is 6.96. The summed E-state index contributed by atoms with van der Waals surface area (Å²) in [7, 11) is 0. The summed E-state index contributed by atoms with van der Waals surface area (Å²) in [5.74, 6) is 1.32. The molecule has 2 heterocycles. The van der Waals surface area contributed by atoms with E-state index in [0.717, 1.165) is 29.8 Å². The molecular formula is C27H32N2O3. The van der Waals surface area contributed by atoms with Gasteiger partial charge in [0.2, 0.25) is 0 Å². The smallest absolute Gasteiger partial charge is 0.407 e. The van der Waals surface area contributed by atoms with Crippen LogP contribution in [0.15, 0.2) is 48.7 Å². The second kappa shape index (κ2) is 8.81. The predicted molar refractivity (Wildman–Crippen MR) is 128 cm³/mol. The maximum absolute atomic E-state index is 11.1. The number of carboxylic acid groups (broad SMARTS) is 1. The number of aromatic nitrogens is 1. The van der Waals surface area contributed by atoms with Gasteiger partial charge in [-0.1, -0.05) is 38.1 Å². The number of ether oxygens (including phenoxy) is 1. The van der Waals surface area contributed by atoms with E-state index in [1.165, 1.54) is 26.8 Å². The van der Waals surface area contributed by atoms with Gasteiger partial charge in [-0.25, -0.2) is 4.79 Å². The molecule has 0 atom stereocenters. The Kier molecular flexibility index (Phi) is 6.09. The number of rotatable bonds is 5. The normalized spacial score (nSPS) is 15.2. The van der Waals surface area contributed by atoms with Crippen LogP contribution in [0.25, 0.3) is 21.9 Å². The maximum Gasteiger partial charge on any atom is 0.407 e. The van der Waals surface area contributed by atoms with Crippen molar-refractivity contribution in [3.63, 3.8) is 0 Å². The van der Waals surface area contributed by atoms with E-state index in [1.807, 2.05) is 25.3 Å². The van der Waals surface area contributed by atoms with Crippen LogP contribution in [0.2, 0.25) is 0 Å². The van der Waals surface area contributed by atoms with Crippen molar-refractivity contribution in [2.45, 2.75) is 40.5 Å². The topological polar surface area (TPSA) is 62.7 Å². The van der Waals surface area contributed by atoms with Crippen molar-refractivity contribution in [1.29, 1.82) is 0 Å². The lowest BCUT2D eigenvalue weighted by Gasteiger charge is -2.39. The number of carbonyl (C=O) groups is 1. The first kappa shape index (κ1) is 22.1. The Morgan fingerprint density at radius 2 is 1.72 bits per heavy atom. The Morgan fingerprint density at radius 1 is 1.06 bits per heavy atom. The Morgan fingerprint density at radius 3 is 2.38 bits per heavy atom. The van der Waals surface area contributed by atoms with Crippen LogP contribution in [0, 0.1) is 25.2 Å². The van der Waals surface area contributed by atoms with Crippen molar-refractivity contribution in [2.24, 2.45) is 11.3 Å². The van der Waals surface area contributed by atoms with Crippen molar-refractivity contribution in [1.82, 2.24) is 9.88 Å². The molecule has 1 amide bonds. The highest BCUT2D eigenvalue weighted by Crippen LogP contribution is 2.36. The van der Waals surface area contributed by atoms with E-state index in [9.17, 15) is 4.79 Å². The van der Waals surface area contributed by atoms with Crippen LogP contribution in [-0.2, 0) is 0 Å². The number of benzene rings is 2. The Labute approximate surface area is 190 Å². The van der Waals surface area contributed by atoms with E-state index in [1.54, 1.807) is 0 Å². The third kappa shape index (κ3) is 4.57. The van der Waals surface area contributed by atoms with Gasteiger partial charge in [0.15, 0.2) is 0 Å². The molecule has 0 radical (unpaired) electrons. The van der Waals surface area contributed by atoms with Crippen molar-refractivity contribution in [3.8, 4) is 16.9 Å². The Hall–Kier alpha value is -3.08. The molecule has 5 nitrogen and oxygen atoms in total. The van der Waals surface area contributed by atoms with Crippen LogP contribution in [0.4, 0.5) is 4.79 Å². The largest absolute Gasteiger partial charge is 0.493 e. The predicted octanol–water partition coefficient (Wildman–Crippen LogP) is 6.31. The van der Waals surface area contributed by atoms with Gasteiger partial charge in [-0.05, 0) is 72.9 Å². The van der Waals surface area contributed by atoms with Gasteiger partial charge >= 0.3 is 6.09 Å². The standard InChI is InChI=1S/C27H32N2O3/c1-18-16-28-19(2)24-10-7-21(15-25(18)24)20-5-8-23(9-6-20)32-17-27(3,4)22-11-13-29(14-12-22)26(30)31/h5-10,15-16,22H,11-14,17H2,1-4H3,(H,30,31). The highest BCUT2D eigenvalue weighted by atomic mass is 16.5. The van der Waals surface area contributed by atoms with Gasteiger partial charge in [0.25, 0.3) is 0 Å². The van der Waals surface area contributed by atoms with Crippen LogP contribution in [0.1, 0.15) is 37.9 Å². The number of hydrogen-bond donors (Lipinski definition) is 1. The lowest BCUT2D eigenvalue weighted by molar-refractivity contribution is 0.0573. The average Bonchev–Trinajstić information content (AvgIpc) is 2.80. The van der Waals surface area contributed by atoms with Crippen LogP contribution in [-0.4, -0.2) is 40.8 Å². The number of likely N-dealkylation sites (tertiary alicyclic amines) is 1. The number of fused-ring (bicyclic) bond motifs is 1. The minimum absolute atomic E-state index is 0.00890. The maximum atomic E-state index is 11.1. The van der Waals surface area contributed by atoms with Crippen LogP contribution < -0.4 is 4.74 Å². The first-order chi connectivity index (χ1) is 15.2. The quantitative estimate of drug-likeness (QED) is 0.513. The van der Waals surface area contributed by atoms with Crippen molar-refractivity contribution < 1.29 is 14.6 Å². The second-order valence-corrected chi connectivity index (χ2v) is 9.63. The number of amides is 1. The van der Waals surface area contributed by atoms with Gasteiger partial charge in [-0.15, -0.1) is 0 Å². The summed E-state index contributed by atoms with van der Waals surface area (Å²) in [6.07, 6.45) is 2.90. The van der Waals surface area contributed by atoms with E-state index >= 15 is 0 Å². The number of hydrogen-bond acceptors (Lipinski definition) is 3. The molecule has 5 heteroatoms. The first-order valence-electron chi connectivity index (χ1n) is 11.3. The molecule has 168 valence electrons. The molecule has 2 aromatic carbocycles. The molecule has 1 aliphatic heterocycles. The van der Waals surface area contributed by atoms with E-state index < -0.39 is 6.09 Å². The van der Waals surface area contributed by atoms with Gasteiger partial charge in [0.05, 0.1) is 6.61 Å².